The second-order valence-electron chi connectivity index (χ2n) is 7.22. The lowest BCUT2D eigenvalue weighted by Gasteiger charge is -2.29. The van der Waals surface area contributed by atoms with Gasteiger partial charge in [-0.15, -0.1) is 0 Å². The molecule has 0 aromatic rings. The van der Waals surface area contributed by atoms with Crippen LogP contribution >= 0.6 is 0 Å². The van der Waals surface area contributed by atoms with Gasteiger partial charge in [0.15, 0.2) is 0 Å². The molecule has 5 aliphatic carbocycles. The Morgan fingerprint density at radius 1 is 1.12 bits per heavy atom. The molecule has 2 nitrogen and oxygen atoms in total. The van der Waals surface area contributed by atoms with Crippen molar-refractivity contribution < 1.29 is 9.59 Å². The number of ketones is 2. The molecule has 0 heterocycles. The third-order valence-corrected chi connectivity index (χ3v) is 7.08. The highest BCUT2D eigenvalue weighted by Crippen LogP contribution is 2.76. The summed E-state index contributed by atoms with van der Waals surface area (Å²) in [5, 5.41) is 0. The maximum atomic E-state index is 12.5. The molecule has 0 amide bonds. The van der Waals surface area contributed by atoms with Gasteiger partial charge in [-0.05, 0) is 48.9 Å². The van der Waals surface area contributed by atoms with Crippen molar-refractivity contribution in [2.75, 3.05) is 0 Å². The molecule has 0 saturated heterocycles. The van der Waals surface area contributed by atoms with Crippen LogP contribution in [0, 0.1) is 40.9 Å². The highest BCUT2D eigenvalue weighted by atomic mass is 16.1. The van der Waals surface area contributed by atoms with Gasteiger partial charge >= 0.3 is 0 Å². The summed E-state index contributed by atoms with van der Waals surface area (Å²) in [5.74, 6) is 4.43. The minimum atomic E-state index is 0.00479. The van der Waals surface area contributed by atoms with E-state index in [1.54, 1.807) is 0 Å². The zero-order valence-electron chi connectivity index (χ0n) is 10.0. The van der Waals surface area contributed by atoms with Crippen molar-refractivity contribution in [1.82, 2.24) is 0 Å². The minimum Gasteiger partial charge on any atom is -0.299 e. The summed E-state index contributed by atoms with van der Waals surface area (Å²) in [4.78, 5) is 24.8. The Labute approximate surface area is 101 Å². The summed E-state index contributed by atoms with van der Waals surface area (Å²) >= 11 is 0. The fourth-order valence-corrected chi connectivity index (χ4v) is 7.04. The monoisotopic (exact) mass is 230 g/mol. The van der Waals surface area contributed by atoms with Crippen LogP contribution in [0.25, 0.3) is 0 Å². The van der Waals surface area contributed by atoms with Crippen LogP contribution in [0.4, 0.5) is 0 Å². The van der Waals surface area contributed by atoms with E-state index in [0.29, 0.717) is 47.1 Å². The predicted octanol–water partition coefficient (Wildman–Crippen LogP) is 2.22. The van der Waals surface area contributed by atoms with Gasteiger partial charge in [0.2, 0.25) is 0 Å². The standard InChI is InChI=1S/C15H18O2/c16-10-5-7-4-8-6-11(17)15-3-1-2-9(15)13(10)12(7)14(8)15/h7-9,12-14H,1-6H2. The number of fused-ring (bicyclic) bond motifs is 1. The summed E-state index contributed by atoms with van der Waals surface area (Å²) < 4.78 is 0. The third-order valence-electron chi connectivity index (χ3n) is 7.08. The molecule has 0 bridgehead atoms. The summed E-state index contributed by atoms with van der Waals surface area (Å²) in [6.07, 6.45) is 6.37. The van der Waals surface area contributed by atoms with Crippen LogP contribution in [-0.4, -0.2) is 11.6 Å². The molecule has 5 aliphatic rings. The smallest absolute Gasteiger partial charge is 0.139 e. The number of carbonyl (C=O) groups is 2. The number of Topliss-reactive ketones (excluding diaryl/α,β-unsaturated/α-hetero) is 2. The first kappa shape index (κ1) is 9.29. The molecule has 0 N–H and O–H groups in total. The molecule has 1 spiro atoms. The first-order valence-electron chi connectivity index (χ1n) is 7.29. The Morgan fingerprint density at radius 3 is 2.88 bits per heavy atom. The molecule has 0 aromatic carbocycles. The summed E-state index contributed by atoms with van der Waals surface area (Å²) in [7, 11) is 0. The van der Waals surface area contributed by atoms with Gasteiger partial charge in [0.05, 0.1) is 0 Å². The van der Waals surface area contributed by atoms with Crippen molar-refractivity contribution in [3.8, 4) is 0 Å². The van der Waals surface area contributed by atoms with E-state index in [2.05, 4.69) is 0 Å². The maximum Gasteiger partial charge on any atom is 0.139 e. The lowest BCUT2D eigenvalue weighted by molar-refractivity contribution is -0.129. The Balaban J connectivity index is 1.76. The lowest BCUT2D eigenvalue weighted by Crippen LogP contribution is -2.33. The van der Waals surface area contributed by atoms with E-state index in [-0.39, 0.29) is 5.41 Å². The number of carbonyl (C=O) groups excluding carboxylic acids is 2. The first-order chi connectivity index (χ1) is 8.23. The van der Waals surface area contributed by atoms with E-state index >= 15 is 0 Å². The lowest BCUT2D eigenvalue weighted by atomic mass is 9.72. The summed E-state index contributed by atoms with van der Waals surface area (Å²) in [6.45, 7) is 0. The molecule has 90 valence electrons. The first-order valence-corrected chi connectivity index (χ1v) is 7.29. The third kappa shape index (κ3) is 0.750. The van der Waals surface area contributed by atoms with Crippen LogP contribution in [0.2, 0.25) is 0 Å². The van der Waals surface area contributed by atoms with Gasteiger partial charge in [-0.25, -0.2) is 0 Å². The molecule has 0 aromatic heterocycles. The van der Waals surface area contributed by atoms with Gasteiger partial charge in [-0.2, -0.15) is 0 Å². The summed E-state index contributed by atoms with van der Waals surface area (Å²) in [5.41, 5.74) is 0.00479. The van der Waals surface area contributed by atoms with Gasteiger partial charge in [-0.3, -0.25) is 9.59 Å². The molecule has 5 saturated carbocycles. The van der Waals surface area contributed by atoms with Crippen LogP contribution < -0.4 is 0 Å². The van der Waals surface area contributed by atoms with Crippen molar-refractivity contribution in [3.63, 3.8) is 0 Å². The molecule has 7 atom stereocenters. The Kier molecular flexibility index (Phi) is 1.38. The molecule has 5 fully saturated rings. The van der Waals surface area contributed by atoms with Crippen LogP contribution in [0.5, 0.6) is 0 Å². The fourth-order valence-electron chi connectivity index (χ4n) is 7.04. The molecule has 2 heteroatoms. The van der Waals surface area contributed by atoms with Gasteiger partial charge in [-0.1, -0.05) is 6.42 Å². The highest BCUT2D eigenvalue weighted by molar-refractivity contribution is 5.94. The van der Waals surface area contributed by atoms with E-state index in [1.807, 2.05) is 0 Å². The molecule has 17 heavy (non-hydrogen) atoms. The zero-order chi connectivity index (χ0) is 11.4. The van der Waals surface area contributed by atoms with E-state index in [0.717, 1.165) is 25.7 Å². The largest absolute Gasteiger partial charge is 0.299 e. The molecule has 5 rings (SSSR count). The van der Waals surface area contributed by atoms with E-state index in [4.69, 9.17) is 0 Å². The topological polar surface area (TPSA) is 34.1 Å². The normalized spacial score (nSPS) is 62.4. The van der Waals surface area contributed by atoms with Gasteiger partial charge in [0.1, 0.15) is 11.6 Å². The van der Waals surface area contributed by atoms with Crippen molar-refractivity contribution in [2.24, 2.45) is 40.9 Å². The number of hydrogen-bond donors (Lipinski definition) is 0. The van der Waals surface area contributed by atoms with E-state index in [9.17, 15) is 9.59 Å². The Morgan fingerprint density at radius 2 is 2.00 bits per heavy atom. The van der Waals surface area contributed by atoms with Crippen LogP contribution in [0.3, 0.4) is 0 Å². The van der Waals surface area contributed by atoms with Crippen molar-refractivity contribution >= 4 is 11.6 Å². The van der Waals surface area contributed by atoms with Gasteiger partial charge in [0.25, 0.3) is 0 Å². The molecule has 7 unspecified atom stereocenters. The average Bonchev–Trinajstić information content (AvgIpc) is 2.93. The van der Waals surface area contributed by atoms with E-state index in [1.165, 1.54) is 12.8 Å². The molecular formula is C15H18O2. The number of rotatable bonds is 0. The van der Waals surface area contributed by atoms with Crippen molar-refractivity contribution in [2.45, 2.75) is 38.5 Å². The van der Waals surface area contributed by atoms with Crippen LogP contribution in [0.1, 0.15) is 38.5 Å². The quantitative estimate of drug-likeness (QED) is 0.639. The van der Waals surface area contributed by atoms with E-state index < -0.39 is 0 Å². The SMILES string of the molecule is O=C1CC2CC3CC(=O)C45CCCC4C1C2C35. The van der Waals surface area contributed by atoms with Crippen molar-refractivity contribution in [3.05, 3.63) is 0 Å². The van der Waals surface area contributed by atoms with Gasteiger partial charge in [0, 0.05) is 24.2 Å². The molecular weight excluding hydrogens is 212 g/mol. The Bertz CT molecular complexity index is 454. The zero-order valence-corrected chi connectivity index (χ0v) is 10.0. The second kappa shape index (κ2) is 2.53. The highest BCUT2D eigenvalue weighted by Gasteiger charge is 2.76. The maximum absolute atomic E-state index is 12.5. The predicted molar refractivity (Wildman–Crippen MR) is 61.1 cm³/mol. The average molecular weight is 230 g/mol. The van der Waals surface area contributed by atoms with Crippen molar-refractivity contribution in [1.29, 1.82) is 0 Å². The van der Waals surface area contributed by atoms with Crippen LogP contribution in [0.15, 0.2) is 0 Å². The fraction of sp³-hybridized carbons (Fsp3) is 0.867. The molecule has 0 radical (unpaired) electrons. The van der Waals surface area contributed by atoms with Crippen LogP contribution in [-0.2, 0) is 9.59 Å². The minimum absolute atomic E-state index is 0.00479. The molecule has 0 aliphatic heterocycles. The second-order valence-corrected chi connectivity index (χ2v) is 7.22. The van der Waals surface area contributed by atoms with Gasteiger partial charge < -0.3 is 0 Å². The summed E-state index contributed by atoms with van der Waals surface area (Å²) in [6, 6.07) is 0. The Hall–Kier alpha value is -0.660. The number of hydrogen-bond acceptors (Lipinski definition) is 2.